The van der Waals surface area contributed by atoms with Crippen molar-refractivity contribution in [2.75, 3.05) is 16.5 Å². The number of rotatable bonds is 7. The number of pyridine rings is 1. The number of anilines is 4. The van der Waals surface area contributed by atoms with Crippen molar-refractivity contribution in [3.8, 4) is 39.6 Å². The minimum atomic E-state index is -0.0141. The molecule has 2 aliphatic rings. The molecule has 0 unspecified atom stereocenters. The van der Waals surface area contributed by atoms with Gasteiger partial charge in [0.15, 0.2) is 0 Å². The second-order valence-electron chi connectivity index (χ2n) is 18.0. The highest BCUT2D eigenvalue weighted by Crippen LogP contribution is 2.51. The number of para-hydroxylation sites is 3. The molecule has 2 aliphatic heterocycles. The molecule has 306 valence electrons. The molecule has 0 aliphatic carbocycles. The number of nitrogens with zero attached hydrogens (tertiary/aromatic N) is 4. The Bertz CT molecular complexity index is 3340. The highest BCUT2D eigenvalue weighted by Gasteiger charge is 2.42. The highest BCUT2D eigenvalue weighted by atomic mass is 16.5. The number of ether oxygens (including phenoxy) is 1. The lowest BCUT2D eigenvalue weighted by Gasteiger charge is -2.33. The average molecular weight is 825 g/mol. The van der Waals surface area contributed by atoms with Gasteiger partial charge in [0.05, 0.1) is 28.1 Å². The standard InChI is InChI=1S/C58H45BN4O/c1-58(2,3)41-33-34-60-55(35-41)63-51-27-14-13-23-47(51)48-31-29-43(36-53(48)63)64-44-30-32-49-54(37-44)62-38-61(52-28-16-26-50(57(52)62)59(49)42-21-11-6-12-22-42)56-45(39-17-7-4-8-18-39)24-15-25-46(56)40-19-9-5-10-20-40/h4-37H,38H2,1-3H3. The van der Waals surface area contributed by atoms with Crippen LogP contribution in [0, 0.1) is 0 Å². The Hall–Kier alpha value is -7.83. The summed E-state index contributed by atoms with van der Waals surface area (Å²) in [5.41, 5.74) is 16.8. The normalized spacial score (nSPS) is 13.1. The van der Waals surface area contributed by atoms with Gasteiger partial charge in [-0.2, -0.15) is 0 Å². The summed E-state index contributed by atoms with van der Waals surface area (Å²) in [5.74, 6) is 2.45. The largest absolute Gasteiger partial charge is 0.457 e. The van der Waals surface area contributed by atoms with E-state index in [1.807, 2.05) is 6.20 Å². The minimum absolute atomic E-state index is 0.0141. The van der Waals surface area contributed by atoms with E-state index >= 15 is 0 Å². The fourth-order valence-corrected chi connectivity index (χ4v) is 10.1. The van der Waals surface area contributed by atoms with Crippen molar-refractivity contribution in [2.24, 2.45) is 0 Å². The second kappa shape index (κ2) is 14.9. The molecule has 8 aromatic carbocycles. The van der Waals surface area contributed by atoms with E-state index in [0.29, 0.717) is 6.67 Å². The van der Waals surface area contributed by atoms with Gasteiger partial charge >= 0.3 is 0 Å². The van der Waals surface area contributed by atoms with Crippen LogP contribution in [0.15, 0.2) is 206 Å². The molecular weight excluding hydrogens is 779 g/mol. The van der Waals surface area contributed by atoms with Crippen LogP contribution >= 0.6 is 0 Å². The molecule has 64 heavy (non-hydrogen) atoms. The summed E-state index contributed by atoms with van der Waals surface area (Å²) in [6.45, 7) is 7.42. The van der Waals surface area contributed by atoms with Gasteiger partial charge in [0.25, 0.3) is 0 Å². The molecule has 12 rings (SSSR count). The Balaban J connectivity index is 1.00. The van der Waals surface area contributed by atoms with E-state index in [-0.39, 0.29) is 12.1 Å². The van der Waals surface area contributed by atoms with Crippen molar-refractivity contribution in [1.82, 2.24) is 9.55 Å². The molecule has 0 amide bonds. The molecule has 0 bridgehead atoms. The first kappa shape index (κ1) is 37.9. The monoisotopic (exact) mass is 824 g/mol. The predicted octanol–water partition coefficient (Wildman–Crippen LogP) is 12.7. The third kappa shape index (κ3) is 6.20. The molecule has 6 heteroatoms. The van der Waals surface area contributed by atoms with Gasteiger partial charge in [0.1, 0.15) is 24.0 Å². The van der Waals surface area contributed by atoms with Crippen LogP contribution in [-0.2, 0) is 5.41 Å². The Morgan fingerprint density at radius 3 is 1.86 bits per heavy atom. The van der Waals surface area contributed by atoms with Gasteiger partial charge in [0, 0.05) is 45.9 Å². The number of hydrogen-bond donors (Lipinski definition) is 0. The Morgan fingerprint density at radius 2 is 1.12 bits per heavy atom. The smallest absolute Gasteiger partial charge is 0.246 e. The summed E-state index contributed by atoms with van der Waals surface area (Å²) in [5, 5.41) is 2.35. The van der Waals surface area contributed by atoms with Crippen molar-refractivity contribution in [1.29, 1.82) is 0 Å². The maximum Gasteiger partial charge on any atom is 0.246 e. The van der Waals surface area contributed by atoms with E-state index in [1.54, 1.807) is 0 Å². The van der Waals surface area contributed by atoms with Crippen LogP contribution in [0.1, 0.15) is 26.3 Å². The number of aromatic nitrogens is 2. The van der Waals surface area contributed by atoms with Crippen molar-refractivity contribution < 1.29 is 4.74 Å². The van der Waals surface area contributed by atoms with Crippen molar-refractivity contribution in [3.05, 3.63) is 212 Å². The van der Waals surface area contributed by atoms with Crippen LogP contribution in [-0.4, -0.2) is 22.9 Å². The SMILES string of the molecule is CC(C)(C)c1ccnc(-n2c3ccccc3c3ccc(Oc4ccc5c(c4)N4CN(c6c(-c7ccccc7)cccc6-c6ccccc6)c6cccc(c64)B5c4ccccc4)cc32)c1. The summed E-state index contributed by atoms with van der Waals surface area (Å²) in [6.07, 6.45) is 1.93. The van der Waals surface area contributed by atoms with Crippen LogP contribution in [0.4, 0.5) is 22.7 Å². The van der Waals surface area contributed by atoms with E-state index < -0.39 is 0 Å². The van der Waals surface area contributed by atoms with Crippen LogP contribution in [0.25, 0.3) is 49.9 Å². The van der Waals surface area contributed by atoms with Crippen LogP contribution in [0.2, 0.25) is 0 Å². The second-order valence-corrected chi connectivity index (χ2v) is 18.0. The van der Waals surface area contributed by atoms with Gasteiger partial charge in [-0.3, -0.25) is 4.57 Å². The van der Waals surface area contributed by atoms with Gasteiger partial charge in [0.2, 0.25) is 6.71 Å². The fraction of sp³-hybridized carbons (Fsp3) is 0.0862. The van der Waals surface area contributed by atoms with E-state index in [2.05, 4.69) is 235 Å². The number of fused-ring (bicyclic) bond motifs is 5. The Morgan fingerprint density at radius 1 is 0.500 bits per heavy atom. The van der Waals surface area contributed by atoms with E-state index in [0.717, 1.165) is 39.4 Å². The molecule has 2 aromatic heterocycles. The quantitative estimate of drug-likeness (QED) is 0.150. The number of hydrogen-bond acceptors (Lipinski definition) is 4. The third-order valence-corrected chi connectivity index (χ3v) is 13.1. The maximum absolute atomic E-state index is 6.95. The molecule has 5 nitrogen and oxygen atoms in total. The zero-order valence-electron chi connectivity index (χ0n) is 36.1. The first-order valence-corrected chi connectivity index (χ1v) is 22.2. The van der Waals surface area contributed by atoms with Gasteiger partial charge in [-0.25, -0.2) is 4.98 Å². The molecule has 0 atom stereocenters. The molecule has 0 saturated carbocycles. The number of benzene rings is 8. The molecule has 0 N–H and O–H groups in total. The van der Waals surface area contributed by atoms with Gasteiger partial charge in [-0.1, -0.05) is 172 Å². The average Bonchev–Trinajstić information content (AvgIpc) is 3.89. The van der Waals surface area contributed by atoms with Gasteiger partial charge in [-0.15, -0.1) is 0 Å². The molecule has 0 spiro atoms. The van der Waals surface area contributed by atoms with Crippen LogP contribution < -0.4 is 30.9 Å². The summed E-state index contributed by atoms with van der Waals surface area (Å²) < 4.78 is 9.22. The van der Waals surface area contributed by atoms with E-state index in [9.17, 15) is 0 Å². The first-order chi connectivity index (χ1) is 31.4. The Labute approximate surface area is 374 Å². The van der Waals surface area contributed by atoms with Gasteiger partial charge < -0.3 is 14.5 Å². The van der Waals surface area contributed by atoms with E-state index in [1.165, 1.54) is 66.7 Å². The van der Waals surface area contributed by atoms with Crippen molar-refractivity contribution in [2.45, 2.75) is 26.2 Å². The summed E-state index contributed by atoms with van der Waals surface area (Å²) in [6, 6.07) is 72.2. The zero-order valence-corrected chi connectivity index (χ0v) is 36.1. The molecule has 0 saturated heterocycles. The predicted molar refractivity (Wildman–Crippen MR) is 268 cm³/mol. The highest BCUT2D eigenvalue weighted by molar-refractivity contribution is 6.98. The fourth-order valence-electron chi connectivity index (χ4n) is 10.1. The third-order valence-electron chi connectivity index (χ3n) is 13.1. The lowest BCUT2D eigenvalue weighted by Crippen LogP contribution is -2.57. The van der Waals surface area contributed by atoms with Crippen LogP contribution in [0.3, 0.4) is 0 Å². The summed E-state index contributed by atoms with van der Waals surface area (Å²) in [4.78, 5) is 9.96. The van der Waals surface area contributed by atoms with Crippen molar-refractivity contribution in [3.63, 3.8) is 0 Å². The molecule has 4 heterocycles. The van der Waals surface area contributed by atoms with Crippen molar-refractivity contribution >= 4 is 67.7 Å². The molecule has 10 aromatic rings. The first-order valence-electron chi connectivity index (χ1n) is 22.2. The maximum atomic E-state index is 6.95. The summed E-state index contributed by atoms with van der Waals surface area (Å²) >= 11 is 0. The van der Waals surface area contributed by atoms with Crippen LogP contribution in [0.5, 0.6) is 11.5 Å². The topological polar surface area (TPSA) is 33.5 Å². The van der Waals surface area contributed by atoms with Gasteiger partial charge in [-0.05, 0) is 75.5 Å². The van der Waals surface area contributed by atoms with E-state index in [4.69, 9.17) is 9.72 Å². The molecule has 0 fully saturated rings. The lowest BCUT2D eigenvalue weighted by molar-refractivity contribution is 0.483. The Kier molecular flexibility index (Phi) is 8.84. The lowest BCUT2D eigenvalue weighted by atomic mass is 9.35. The zero-order chi connectivity index (χ0) is 42.9. The molecular formula is C58H45BN4O. The minimum Gasteiger partial charge on any atom is -0.457 e. The summed E-state index contributed by atoms with van der Waals surface area (Å²) in [7, 11) is 0. The molecule has 0 radical (unpaired) electrons.